The molecule has 1 N–H and O–H groups in total. The van der Waals surface area contributed by atoms with Crippen molar-refractivity contribution in [2.24, 2.45) is 0 Å². The Labute approximate surface area is 88.5 Å². The fourth-order valence-electron chi connectivity index (χ4n) is 1.72. The van der Waals surface area contributed by atoms with Crippen LogP contribution in [0.3, 0.4) is 0 Å². The Morgan fingerprint density at radius 2 is 2.12 bits per heavy atom. The Morgan fingerprint density at radius 1 is 1.31 bits per heavy atom. The van der Waals surface area contributed by atoms with E-state index in [1.54, 1.807) is 18.2 Å². The average Bonchev–Trinajstić information content (AvgIpc) is 2.74. The first-order valence-corrected chi connectivity index (χ1v) is 4.62. The molecule has 2 heterocycles. The van der Waals surface area contributed by atoms with Crippen LogP contribution in [0.15, 0.2) is 29.1 Å². The van der Waals surface area contributed by atoms with Crippen molar-refractivity contribution < 1.29 is 4.79 Å². The first-order valence-electron chi connectivity index (χ1n) is 4.62. The average molecular weight is 214 g/mol. The molecule has 0 aliphatic carbocycles. The molecule has 0 spiro atoms. The molecule has 0 radical (unpaired) electrons. The van der Waals surface area contributed by atoms with Crippen molar-refractivity contribution in [1.82, 2.24) is 19.8 Å². The molecule has 0 atom stereocenters. The summed E-state index contributed by atoms with van der Waals surface area (Å²) in [6.45, 7) is 0. The second-order valence-electron chi connectivity index (χ2n) is 3.31. The summed E-state index contributed by atoms with van der Waals surface area (Å²) in [5.41, 5.74) is 0.743. The summed E-state index contributed by atoms with van der Waals surface area (Å²) in [6.07, 6.45) is 0.609. The fraction of sp³-hybridized carbons (Fsp3) is 0. The zero-order valence-corrected chi connectivity index (χ0v) is 8.04. The molecule has 6 nitrogen and oxygen atoms in total. The van der Waals surface area contributed by atoms with Gasteiger partial charge in [-0.3, -0.25) is 4.79 Å². The van der Waals surface area contributed by atoms with Crippen LogP contribution in [0.4, 0.5) is 0 Å². The maximum Gasteiger partial charge on any atom is 0.368 e. The largest absolute Gasteiger partial charge is 0.368 e. The number of nitrogens with one attached hydrogen (secondary N) is 1. The van der Waals surface area contributed by atoms with Crippen molar-refractivity contribution in [1.29, 1.82) is 0 Å². The predicted molar refractivity (Wildman–Crippen MR) is 56.5 cm³/mol. The van der Waals surface area contributed by atoms with Crippen molar-refractivity contribution >= 4 is 22.7 Å². The summed E-state index contributed by atoms with van der Waals surface area (Å²) in [4.78, 5) is 26.3. The zero-order chi connectivity index (χ0) is 11.1. The number of benzene rings is 1. The lowest BCUT2D eigenvalue weighted by atomic mass is 10.2. The van der Waals surface area contributed by atoms with Crippen LogP contribution in [0.1, 0.15) is 10.5 Å². The number of aldehydes is 1. The van der Waals surface area contributed by atoms with Crippen LogP contribution in [0, 0.1) is 0 Å². The highest BCUT2D eigenvalue weighted by atomic mass is 16.1. The zero-order valence-electron chi connectivity index (χ0n) is 8.04. The monoisotopic (exact) mass is 214 g/mol. The number of hydrogen-bond acceptors (Lipinski definition) is 4. The van der Waals surface area contributed by atoms with Crippen molar-refractivity contribution in [3.63, 3.8) is 0 Å². The van der Waals surface area contributed by atoms with Crippen LogP contribution in [0.25, 0.3) is 16.4 Å². The van der Waals surface area contributed by atoms with E-state index < -0.39 is 5.69 Å². The maximum atomic E-state index is 11.6. The van der Waals surface area contributed by atoms with Crippen LogP contribution < -0.4 is 5.69 Å². The minimum Gasteiger partial charge on any atom is -0.296 e. The number of H-pyrrole nitrogens is 1. The van der Waals surface area contributed by atoms with E-state index in [4.69, 9.17) is 0 Å². The molecule has 78 valence electrons. The summed E-state index contributed by atoms with van der Waals surface area (Å²) < 4.78 is 1.16. The smallest absolute Gasteiger partial charge is 0.296 e. The summed E-state index contributed by atoms with van der Waals surface area (Å²) >= 11 is 0. The van der Waals surface area contributed by atoms with E-state index in [0.717, 1.165) is 9.90 Å². The number of carbonyl (C=O) groups excluding carboxylic acids is 1. The molecule has 3 aromatic rings. The number of rotatable bonds is 1. The van der Waals surface area contributed by atoms with Gasteiger partial charge in [-0.05, 0) is 6.07 Å². The Kier molecular flexibility index (Phi) is 1.64. The second-order valence-corrected chi connectivity index (χ2v) is 3.31. The molecule has 6 heteroatoms. The number of fused-ring (bicyclic) bond motifs is 3. The molecule has 0 unspecified atom stereocenters. The van der Waals surface area contributed by atoms with Crippen LogP contribution in [0.5, 0.6) is 0 Å². The van der Waals surface area contributed by atoms with Gasteiger partial charge in [-0.25, -0.2) is 10.0 Å². The number of nitrogens with zero attached hydrogens (tertiary/aromatic N) is 3. The minimum atomic E-state index is -0.477. The van der Waals surface area contributed by atoms with Crippen LogP contribution in [0.2, 0.25) is 0 Å². The molecule has 2 aromatic heterocycles. The SMILES string of the molecule is O=Cc1n[nH]n2c(=O)nc3ccccc3c12. The molecule has 0 aliphatic heterocycles. The molecular formula is C10H6N4O2. The summed E-state index contributed by atoms with van der Waals surface area (Å²) in [5.74, 6) is 0. The highest BCUT2D eigenvalue weighted by molar-refractivity contribution is 6.00. The maximum absolute atomic E-state index is 11.6. The number of aromatic nitrogens is 4. The number of hydrogen-bond donors (Lipinski definition) is 1. The molecule has 0 aliphatic rings. The van der Waals surface area contributed by atoms with Gasteiger partial charge in [-0.15, -0.1) is 0 Å². The standard InChI is InChI=1S/C10H6N4O2/c15-5-8-9-6-3-1-2-4-7(6)11-10(16)14(9)13-12-8/h1-5,13H. The molecular weight excluding hydrogens is 208 g/mol. The van der Waals surface area contributed by atoms with Gasteiger partial charge in [0.15, 0.2) is 12.0 Å². The molecule has 0 saturated carbocycles. The molecule has 0 bridgehead atoms. The van der Waals surface area contributed by atoms with Gasteiger partial charge in [0, 0.05) is 5.39 Å². The lowest BCUT2D eigenvalue weighted by molar-refractivity contribution is 0.112. The van der Waals surface area contributed by atoms with Crippen molar-refractivity contribution in [3.05, 3.63) is 40.4 Å². The summed E-state index contributed by atoms with van der Waals surface area (Å²) in [5, 5.41) is 6.93. The van der Waals surface area contributed by atoms with Gasteiger partial charge in [-0.2, -0.15) is 14.6 Å². The Balaban J connectivity index is 2.70. The highest BCUT2D eigenvalue weighted by Crippen LogP contribution is 2.16. The van der Waals surface area contributed by atoms with Gasteiger partial charge in [0.2, 0.25) is 0 Å². The molecule has 0 amide bonds. The van der Waals surface area contributed by atoms with Gasteiger partial charge in [-0.1, -0.05) is 18.2 Å². The number of para-hydroxylation sites is 1. The number of carbonyl (C=O) groups is 1. The van der Waals surface area contributed by atoms with Crippen molar-refractivity contribution in [3.8, 4) is 0 Å². The normalized spacial score (nSPS) is 11.0. The topological polar surface area (TPSA) is 80.1 Å². The molecule has 0 fully saturated rings. The second kappa shape index (κ2) is 2.99. The Hall–Kier alpha value is -2.50. The quantitative estimate of drug-likeness (QED) is 0.594. The molecule has 16 heavy (non-hydrogen) atoms. The number of aromatic amines is 1. The van der Waals surface area contributed by atoms with Gasteiger partial charge >= 0.3 is 5.69 Å². The lowest BCUT2D eigenvalue weighted by Gasteiger charge is -1.97. The van der Waals surface area contributed by atoms with Crippen LogP contribution in [-0.4, -0.2) is 26.1 Å². The van der Waals surface area contributed by atoms with E-state index in [-0.39, 0.29) is 5.69 Å². The lowest BCUT2D eigenvalue weighted by Crippen LogP contribution is -2.17. The van der Waals surface area contributed by atoms with Crippen LogP contribution in [-0.2, 0) is 0 Å². The van der Waals surface area contributed by atoms with Gasteiger partial charge in [0.05, 0.1) is 5.52 Å². The van der Waals surface area contributed by atoms with E-state index in [0.29, 0.717) is 17.3 Å². The third-order valence-electron chi connectivity index (χ3n) is 2.41. The summed E-state index contributed by atoms with van der Waals surface area (Å²) in [6, 6.07) is 7.11. The van der Waals surface area contributed by atoms with E-state index in [1.807, 2.05) is 6.07 Å². The van der Waals surface area contributed by atoms with Gasteiger partial charge < -0.3 is 0 Å². The van der Waals surface area contributed by atoms with Crippen molar-refractivity contribution in [2.45, 2.75) is 0 Å². The highest BCUT2D eigenvalue weighted by Gasteiger charge is 2.11. The van der Waals surface area contributed by atoms with E-state index in [1.165, 1.54) is 0 Å². The minimum absolute atomic E-state index is 0.204. The van der Waals surface area contributed by atoms with E-state index in [2.05, 4.69) is 15.3 Å². The van der Waals surface area contributed by atoms with Crippen LogP contribution >= 0.6 is 0 Å². The Bertz CT molecular complexity index is 756. The van der Waals surface area contributed by atoms with Gasteiger partial charge in [0.1, 0.15) is 5.52 Å². The predicted octanol–water partition coefficient (Wildman–Crippen LogP) is 0.383. The third kappa shape index (κ3) is 1.01. The first-order chi connectivity index (χ1) is 7.81. The summed E-state index contributed by atoms with van der Waals surface area (Å²) in [7, 11) is 0. The third-order valence-corrected chi connectivity index (χ3v) is 2.41. The molecule has 3 rings (SSSR count). The van der Waals surface area contributed by atoms with Gasteiger partial charge in [0.25, 0.3) is 0 Å². The fourth-order valence-corrected chi connectivity index (χ4v) is 1.72. The van der Waals surface area contributed by atoms with Crippen molar-refractivity contribution in [2.75, 3.05) is 0 Å². The first kappa shape index (κ1) is 8.78. The Morgan fingerprint density at radius 3 is 2.94 bits per heavy atom. The van der Waals surface area contributed by atoms with E-state index >= 15 is 0 Å². The molecule has 1 aromatic carbocycles. The molecule has 0 saturated heterocycles. The van der Waals surface area contributed by atoms with E-state index in [9.17, 15) is 9.59 Å².